The van der Waals surface area contributed by atoms with Crippen molar-refractivity contribution in [1.82, 2.24) is 5.32 Å². The average Bonchev–Trinajstić information content (AvgIpc) is 2.97. The lowest BCUT2D eigenvalue weighted by molar-refractivity contribution is -0.129. The van der Waals surface area contributed by atoms with Crippen molar-refractivity contribution >= 4 is 46.4 Å². The van der Waals surface area contributed by atoms with Crippen LogP contribution in [0.25, 0.3) is 0 Å². The number of hydrogen-bond acceptors (Lipinski definition) is 4. The summed E-state index contributed by atoms with van der Waals surface area (Å²) in [5.41, 5.74) is 2.95. The Morgan fingerprint density at radius 3 is 2.41 bits per heavy atom. The highest BCUT2D eigenvalue weighted by molar-refractivity contribution is 6.42. The number of para-hydroxylation sites is 1. The van der Waals surface area contributed by atoms with Gasteiger partial charge in [0.05, 0.1) is 27.8 Å². The van der Waals surface area contributed by atoms with Crippen LogP contribution in [-0.2, 0) is 9.59 Å². The quantitative estimate of drug-likeness (QED) is 0.379. The first kappa shape index (κ1) is 25.4. The number of hydrogen-bond donors (Lipinski definition) is 3. The summed E-state index contributed by atoms with van der Waals surface area (Å²) in [6.07, 6.45) is 0.417. The predicted octanol–water partition coefficient (Wildman–Crippen LogP) is 5.63. The second-order valence-electron chi connectivity index (χ2n) is 9.24. The standard InChI is InChI=1S/C28H24Cl2FN3O3/c29-20-13-10-17(14-21(20)30)25(35)23(15-8-11-18(31)12-9-15)27(36)34-26-28(37)32-22-7-2-1-6-19(22)24(33-26)16-4-3-5-16/h1-2,6-14,16,23,25-26,35H,3-5H2,(H,32,37)(H,34,36)/t23-,25+,26?/m1/s1. The minimum absolute atomic E-state index is 0.197. The third kappa shape index (κ3) is 5.25. The molecule has 37 heavy (non-hydrogen) atoms. The van der Waals surface area contributed by atoms with Crippen LogP contribution in [0.4, 0.5) is 10.1 Å². The molecule has 9 heteroatoms. The zero-order chi connectivity index (χ0) is 26.1. The minimum Gasteiger partial charge on any atom is -0.387 e. The summed E-state index contributed by atoms with van der Waals surface area (Å²) < 4.78 is 13.7. The van der Waals surface area contributed by atoms with Gasteiger partial charge in [-0.2, -0.15) is 0 Å². The van der Waals surface area contributed by atoms with Gasteiger partial charge in [-0.05, 0) is 54.3 Å². The van der Waals surface area contributed by atoms with E-state index in [1.165, 1.54) is 36.4 Å². The number of nitrogens with one attached hydrogen (secondary N) is 2. The highest BCUT2D eigenvalue weighted by Crippen LogP contribution is 2.36. The number of rotatable bonds is 6. The van der Waals surface area contributed by atoms with Crippen LogP contribution in [0, 0.1) is 11.7 Å². The van der Waals surface area contributed by atoms with E-state index in [9.17, 15) is 19.1 Å². The number of aliphatic hydroxyl groups is 1. The number of carbonyl (C=O) groups is 2. The lowest BCUT2D eigenvalue weighted by Crippen LogP contribution is -2.45. The van der Waals surface area contributed by atoms with Crippen molar-refractivity contribution in [2.24, 2.45) is 10.9 Å². The number of fused-ring (bicyclic) bond motifs is 1. The number of anilines is 1. The van der Waals surface area contributed by atoms with Crippen molar-refractivity contribution in [2.75, 3.05) is 5.32 Å². The first-order chi connectivity index (χ1) is 17.8. The van der Waals surface area contributed by atoms with Gasteiger partial charge in [0.1, 0.15) is 5.82 Å². The van der Waals surface area contributed by atoms with Crippen LogP contribution < -0.4 is 10.6 Å². The third-order valence-corrected chi connectivity index (χ3v) is 7.60. The second-order valence-corrected chi connectivity index (χ2v) is 10.1. The number of aliphatic imine (C=N–C) groups is 1. The molecule has 1 aliphatic carbocycles. The summed E-state index contributed by atoms with van der Waals surface area (Å²) >= 11 is 12.2. The van der Waals surface area contributed by atoms with Crippen molar-refractivity contribution in [3.63, 3.8) is 0 Å². The molecule has 2 amide bonds. The van der Waals surface area contributed by atoms with E-state index in [2.05, 4.69) is 10.6 Å². The molecule has 0 radical (unpaired) electrons. The van der Waals surface area contributed by atoms with E-state index in [0.29, 0.717) is 21.8 Å². The fourth-order valence-corrected chi connectivity index (χ4v) is 4.96. The predicted molar refractivity (Wildman–Crippen MR) is 141 cm³/mol. The van der Waals surface area contributed by atoms with Gasteiger partial charge in [0.2, 0.25) is 12.1 Å². The number of benzodiazepines with no additional fused rings is 1. The van der Waals surface area contributed by atoms with Crippen molar-refractivity contribution in [3.05, 3.63) is 99.3 Å². The van der Waals surface area contributed by atoms with E-state index in [1.807, 2.05) is 18.2 Å². The van der Waals surface area contributed by atoms with Crippen molar-refractivity contribution in [2.45, 2.75) is 37.5 Å². The maximum absolute atomic E-state index is 13.7. The highest BCUT2D eigenvalue weighted by atomic mass is 35.5. The van der Waals surface area contributed by atoms with Gasteiger partial charge >= 0.3 is 0 Å². The second kappa shape index (κ2) is 10.6. The van der Waals surface area contributed by atoms with Crippen LogP contribution in [0.5, 0.6) is 0 Å². The molecule has 0 bridgehead atoms. The molecule has 1 aliphatic heterocycles. The van der Waals surface area contributed by atoms with E-state index in [0.717, 1.165) is 30.5 Å². The topological polar surface area (TPSA) is 90.8 Å². The number of amides is 2. The van der Waals surface area contributed by atoms with Gasteiger partial charge in [0.25, 0.3) is 5.91 Å². The number of aliphatic hydroxyl groups excluding tert-OH is 1. The number of nitrogens with zero attached hydrogens (tertiary/aromatic N) is 1. The SMILES string of the molecule is O=C1Nc2ccccc2C(C2CCC2)=NC1NC(=O)[C@H](c1ccc(F)cc1)[C@@H](O)c1ccc(Cl)c(Cl)c1. The maximum atomic E-state index is 13.7. The molecule has 0 spiro atoms. The van der Waals surface area contributed by atoms with E-state index in [-0.39, 0.29) is 10.9 Å². The summed E-state index contributed by atoms with van der Waals surface area (Å²) in [6, 6.07) is 17.2. The average molecular weight is 540 g/mol. The molecule has 2 aliphatic rings. The number of benzene rings is 3. The molecule has 3 aromatic carbocycles. The molecule has 3 atom stereocenters. The van der Waals surface area contributed by atoms with Gasteiger partial charge in [-0.25, -0.2) is 4.39 Å². The Hall–Kier alpha value is -3.26. The third-order valence-electron chi connectivity index (χ3n) is 6.86. The molecule has 190 valence electrons. The molecule has 1 heterocycles. The Balaban J connectivity index is 1.49. The van der Waals surface area contributed by atoms with Crippen LogP contribution >= 0.6 is 23.2 Å². The minimum atomic E-state index is -1.36. The Kier molecular flexibility index (Phi) is 7.29. The fraction of sp³-hybridized carbons (Fsp3) is 0.250. The first-order valence-electron chi connectivity index (χ1n) is 12.0. The van der Waals surface area contributed by atoms with Gasteiger partial charge < -0.3 is 15.7 Å². The Morgan fingerprint density at radius 1 is 1.03 bits per heavy atom. The molecule has 3 N–H and O–H groups in total. The Morgan fingerprint density at radius 2 is 1.73 bits per heavy atom. The molecular weight excluding hydrogens is 516 g/mol. The molecule has 0 aromatic heterocycles. The van der Waals surface area contributed by atoms with Gasteiger partial charge in [0.15, 0.2) is 0 Å². The van der Waals surface area contributed by atoms with E-state index in [1.54, 1.807) is 12.1 Å². The Labute approximate surface area is 223 Å². The molecule has 5 rings (SSSR count). The van der Waals surface area contributed by atoms with Crippen LogP contribution in [0.3, 0.4) is 0 Å². The van der Waals surface area contributed by atoms with E-state index >= 15 is 0 Å². The molecular formula is C28H24Cl2FN3O3. The summed E-state index contributed by atoms with van der Waals surface area (Å²) in [4.78, 5) is 31.5. The first-order valence-corrected chi connectivity index (χ1v) is 12.7. The lowest BCUT2D eigenvalue weighted by Gasteiger charge is -2.28. The van der Waals surface area contributed by atoms with Crippen LogP contribution in [0.1, 0.15) is 48.0 Å². The molecule has 1 fully saturated rings. The van der Waals surface area contributed by atoms with Gasteiger partial charge in [-0.3, -0.25) is 14.6 Å². The molecule has 3 aromatic rings. The monoisotopic (exact) mass is 539 g/mol. The molecule has 0 saturated heterocycles. The highest BCUT2D eigenvalue weighted by Gasteiger charge is 2.36. The Bertz CT molecular complexity index is 1380. The smallest absolute Gasteiger partial charge is 0.269 e. The number of carbonyl (C=O) groups excluding carboxylic acids is 2. The molecule has 1 saturated carbocycles. The molecule has 6 nitrogen and oxygen atoms in total. The largest absolute Gasteiger partial charge is 0.387 e. The maximum Gasteiger partial charge on any atom is 0.269 e. The van der Waals surface area contributed by atoms with Crippen molar-refractivity contribution < 1.29 is 19.1 Å². The van der Waals surface area contributed by atoms with Crippen molar-refractivity contribution in [1.29, 1.82) is 0 Å². The van der Waals surface area contributed by atoms with E-state index < -0.39 is 35.8 Å². The van der Waals surface area contributed by atoms with Crippen LogP contribution in [0.15, 0.2) is 71.7 Å². The summed E-state index contributed by atoms with van der Waals surface area (Å²) in [7, 11) is 0. The fourth-order valence-electron chi connectivity index (χ4n) is 4.65. The summed E-state index contributed by atoms with van der Waals surface area (Å²) in [5, 5.41) is 17.4. The van der Waals surface area contributed by atoms with Gasteiger partial charge in [0, 0.05) is 17.2 Å². The zero-order valence-electron chi connectivity index (χ0n) is 19.6. The van der Waals surface area contributed by atoms with Crippen LogP contribution in [-0.4, -0.2) is 28.8 Å². The summed E-state index contributed by atoms with van der Waals surface area (Å²) in [5.74, 6) is -2.60. The number of halogens is 3. The van der Waals surface area contributed by atoms with Gasteiger partial charge in [-0.15, -0.1) is 0 Å². The van der Waals surface area contributed by atoms with E-state index in [4.69, 9.17) is 28.2 Å². The normalized spacial score (nSPS) is 19.0. The van der Waals surface area contributed by atoms with Gasteiger partial charge in [-0.1, -0.05) is 66.0 Å². The summed E-state index contributed by atoms with van der Waals surface area (Å²) in [6.45, 7) is 0. The lowest BCUT2D eigenvalue weighted by atomic mass is 9.79. The van der Waals surface area contributed by atoms with Crippen LogP contribution in [0.2, 0.25) is 10.0 Å². The molecule has 1 unspecified atom stereocenters. The zero-order valence-corrected chi connectivity index (χ0v) is 21.1. The van der Waals surface area contributed by atoms with Crippen molar-refractivity contribution in [3.8, 4) is 0 Å².